The topological polar surface area (TPSA) is 94.6 Å². The number of phenols is 1. The molecule has 1 aromatic carbocycles. The van der Waals surface area contributed by atoms with E-state index in [1.54, 1.807) is 29.5 Å². The summed E-state index contributed by atoms with van der Waals surface area (Å²) in [5.74, 6) is 0.821. The minimum atomic E-state index is -0.251. The van der Waals surface area contributed by atoms with E-state index in [0.717, 1.165) is 60.5 Å². The van der Waals surface area contributed by atoms with Crippen molar-refractivity contribution in [3.63, 3.8) is 0 Å². The van der Waals surface area contributed by atoms with Crippen LogP contribution in [-0.4, -0.2) is 40.5 Å². The largest absolute Gasteiger partial charge is 0.507 e. The van der Waals surface area contributed by atoms with E-state index in [4.69, 9.17) is 4.98 Å². The minimum Gasteiger partial charge on any atom is -0.507 e. The lowest BCUT2D eigenvalue weighted by Crippen LogP contribution is -2.44. The van der Waals surface area contributed by atoms with Crippen molar-refractivity contribution in [2.75, 3.05) is 16.8 Å². The van der Waals surface area contributed by atoms with Gasteiger partial charge in [0, 0.05) is 35.1 Å². The lowest BCUT2D eigenvalue weighted by Gasteiger charge is -2.26. The predicted molar refractivity (Wildman–Crippen MR) is 144 cm³/mol. The van der Waals surface area contributed by atoms with Gasteiger partial charge in [-0.05, 0) is 91.9 Å². The van der Waals surface area contributed by atoms with Crippen molar-refractivity contribution in [2.24, 2.45) is 0 Å². The number of carbonyl (C=O) groups is 2. The Morgan fingerprint density at radius 2 is 2.00 bits per heavy atom. The highest BCUT2D eigenvalue weighted by Gasteiger charge is 2.35. The fourth-order valence-electron chi connectivity index (χ4n) is 4.71. The first-order valence-corrected chi connectivity index (χ1v) is 13.6. The number of phenolic OH excluding ortho intramolecular Hbond substituents is 1. The van der Waals surface area contributed by atoms with Crippen molar-refractivity contribution in [2.45, 2.75) is 64.5 Å². The first-order valence-electron chi connectivity index (χ1n) is 12.7. The number of thiophene rings is 1. The number of hydrogen-bond acceptors (Lipinski definition) is 6. The second-order valence-corrected chi connectivity index (χ2v) is 10.6. The molecule has 3 N–H and O–H groups in total. The second-order valence-electron chi connectivity index (χ2n) is 9.70. The molecule has 8 heteroatoms. The van der Waals surface area contributed by atoms with Gasteiger partial charge in [0.1, 0.15) is 17.6 Å². The number of amides is 2. The summed E-state index contributed by atoms with van der Waals surface area (Å²) >= 11 is 1.66. The van der Waals surface area contributed by atoms with Gasteiger partial charge in [-0.2, -0.15) is 0 Å². The summed E-state index contributed by atoms with van der Waals surface area (Å²) in [6.07, 6.45) is 5.02. The summed E-state index contributed by atoms with van der Waals surface area (Å²) < 4.78 is 0. The zero-order valence-corrected chi connectivity index (χ0v) is 21.5. The van der Waals surface area contributed by atoms with E-state index in [0.29, 0.717) is 29.4 Å². The third-order valence-corrected chi connectivity index (χ3v) is 7.81. The molecule has 0 spiro atoms. The van der Waals surface area contributed by atoms with E-state index in [1.165, 1.54) is 0 Å². The molecule has 7 nitrogen and oxygen atoms in total. The van der Waals surface area contributed by atoms with Gasteiger partial charge >= 0.3 is 0 Å². The van der Waals surface area contributed by atoms with Crippen LogP contribution in [0.5, 0.6) is 5.75 Å². The molecule has 0 radical (unpaired) electrons. The summed E-state index contributed by atoms with van der Waals surface area (Å²) in [4.78, 5) is 33.3. The maximum Gasteiger partial charge on any atom is 0.242 e. The summed E-state index contributed by atoms with van der Waals surface area (Å²) in [7, 11) is 0. The lowest BCUT2D eigenvalue weighted by atomic mass is 10.0. The number of hydrogen-bond donors (Lipinski definition) is 3. The smallest absolute Gasteiger partial charge is 0.242 e. The molecule has 1 aliphatic heterocycles. The maximum absolute atomic E-state index is 13.0. The zero-order valence-electron chi connectivity index (χ0n) is 20.7. The Kier molecular flexibility index (Phi) is 6.96. The molecule has 3 aromatic rings. The zero-order chi connectivity index (χ0) is 25.2. The number of carbonyl (C=O) groups excluding carboxylic acids is 2. The lowest BCUT2D eigenvalue weighted by molar-refractivity contribution is -0.122. The highest BCUT2D eigenvalue weighted by Crippen LogP contribution is 2.39. The van der Waals surface area contributed by atoms with Gasteiger partial charge in [0.05, 0.1) is 5.69 Å². The Hall–Kier alpha value is -3.39. The molecule has 1 aliphatic carbocycles. The van der Waals surface area contributed by atoms with Crippen molar-refractivity contribution in [1.82, 2.24) is 10.3 Å². The van der Waals surface area contributed by atoms with E-state index in [1.807, 2.05) is 13.0 Å². The number of rotatable bonds is 8. The van der Waals surface area contributed by atoms with E-state index in [-0.39, 0.29) is 23.6 Å². The molecule has 1 atom stereocenters. The predicted octanol–water partition coefficient (Wildman–Crippen LogP) is 5.48. The quantitative estimate of drug-likeness (QED) is 0.353. The summed E-state index contributed by atoms with van der Waals surface area (Å²) in [6.45, 7) is 4.79. The molecule has 188 valence electrons. The van der Waals surface area contributed by atoms with Crippen LogP contribution in [0.2, 0.25) is 0 Å². The summed E-state index contributed by atoms with van der Waals surface area (Å²) in [5.41, 5.74) is 3.92. The fraction of sp³-hybridized carbons (Fsp3) is 0.393. The molecule has 3 heterocycles. The molecule has 5 rings (SSSR count). The van der Waals surface area contributed by atoms with Crippen LogP contribution in [0.3, 0.4) is 0 Å². The standard InChI is InChI=1S/C28H32N4O3S/c1-3-5-26(34)29-20-9-10-24(33)21(16-20)22-14-18(27-17(2)11-13-36-27)15-25(31-22)32-12-4-6-23(32)28(35)30-19-7-8-19/h9-11,13-16,19,23,33H,3-8,12H2,1-2H3,(H,29,34)(H,30,35)/t23-/m0/s1. The van der Waals surface area contributed by atoms with Gasteiger partial charge in [0.25, 0.3) is 0 Å². The van der Waals surface area contributed by atoms with Crippen LogP contribution in [0, 0.1) is 6.92 Å². The Morgan fingerprint density at radius 1 is 1.17 bits per heavy atom. The van der Waals surface area contributed by atoms with Crippen LogP contribution in [0.1, 0.15) is 51.0 Å². The average Bonchev–Trinajstić information content (AvgIpc) is 3.35. The van der Waals surface area contributed by atoms with Gasteiger partial charge in [0.2, 0.25) is 11.8 Å². The summed E-state index contributed by atoms with van der Waals surface area (Å²) in [5, 5.41) is 18.9. The molecular formula is C28H32N4O3S. The monoisotopic (exact) mass is 504 g/mol. The highest BCUT2D eigenvalue weighted by atomic mass is 32.1. The van der Waals surface area contributed by atoms with Crippen molar-refractivity contribution in [3.05, 3.63) is 47.3 Å². The Bertz CT molecular complexity index is 1280. The third kappa shape index (κ3) is 5.23. The minimum absolute atomic E-state index is 0.0627. The maximum atomic E-state index is 13.0. The Labute approximate surface area is 215 Å². The number of aromatic hydroxyl groups is 1. The van der Waals surface area contributed by atoms with Crippen LogP contribution in [-0.2, 0) is 9.59 Å². The third-order valence-electron chi connectivity index (χ3n) is 6.74. The Morgan fingerprint density at radius 3 is 2.72 bits per heavy atom. The van der Waals surface area contributed by atoms with Crippen molar-refractivity contribution in [3.8, 4) is 27.4 Å². The van der Waals surface area contributed by atoms with Gasteiger partial charge < -0.3 is 20.6 Å². The number of anilines is 2. The number of nitrogens with zero attached hydrogens (tertiary/aromatic N) is 2. The number of pyridine rings is 1. The molecule has 1 saturated carbocycles. The van der Waals surface area contributed by atoms with E-state index in [2.05, 4.69) is 40.0 Å². The Balaban J connectivity index is 1.55. The number of nitrogens with one attached hydrogen (secondary N) is 2. The van der Waals surface area contributed by atoms with Gasteiger partial charge in [0.15, 0.2) is 0 Å². The van der Waals surface area contributed by atoms with Crippen molar-refractivity contribution in [1.29, 1.82) is 0 Å². The van der Waals surface area contributed by atoms with Crippen LogP contribution in [0.25, 0.3) is 21.7 Å². The van der Waals surface area contributed by atoms with E-state index < -0.39 is 0 Å². The molecule has 2 aliphatic rings. The number of benzene rings is 1. The van der Waals surface area contributed by atoms with E-state index >= 15 is 0 Å². The molecule has 1 saturated heterocycles. The number of aryl methyl sites for hydroxylation is 1. The number of aromatic nitrogens is 1. The van der Waals surface area contributed by atoms with Crippen molar-refractivity contribution < 1.29 is 14.7 Å². The second kappa shape index (κ2) is 10.3. The average molecular weight is 505 g/mol. The molecule has 36 heavy (non-hydrogen) atoms. The molecular weight excluding hydrogens is 472 g/mol. The first kappa shape index (κ1) is 24.3. The first-order chi connectivity index (χ1) is 17.4. The van der Waals surface area contributed by atoms with E-state index in [9.17, 15) is 14.7 Å². The van der Waals surface area contributed by atoms with Gasteiger partial charge in [-0.25, -0.2) is 4.98 Å². The van der Waals surface area contributed by atoms with Crippen LogP contribution in [0.4, 0.5) is 11.5 Å². The molecule has 2 fully saturated rings. The van der Waals surface area contributed by atoms with Gasteiger partial charge in [-0.3, -0.25) is 9.59 Å². The van der Waals surface area contributed by atoms with Crippen LogP contribution >= 0.6 is 11.3 Å². The molecule has 0 unspecified atom stereocenters. The van der Waals surface area contributed by atoms with Gasteiger partial charge in [-0.15, -0.1) is 11.3 Å². The fourth-order valence-corrected chi connectivity index (χ4v) is 5.62. The van der Waals surface area contributed by atoms with Crippen LogP contribution < -0.4 is 15.5 Å². The highest BCUT2D eigenvalue weighted by molar-refractivity contribution is 7.13. The normalized spacial score (nSPS) is 17.3. The summed E-state index contributed by atoms with van der Waals surface area (Å²) in [6, 6.07) is 11.2. The molecule has 0 bridgehead atoms. The van der Waals surface area contributed by atoms with Gasteiger partial charge in [-0.1, -0.05) is 6.92 Å². The molecule has 2 amide bonds. The molecule has 2 aromatic heterocycles. The van der Waals surface area contributed by atoms with Crippen LogP contribution in [0.15, 0.2) is 41.8 Å². The SMILES string of the molecule is CCCC(=O)Nc1ccc(O)c(-c2cc(-c3sccc3C)cc(N3CCC[C@H]3C(=O)NC3CC3)n2)c1. The van der Waals surface area contributed by atoms with Crippen molar-refractivity contribution >= 4 is 34.7 Å².